The number of aliphatic hydroxyl groups excluding tert-OH is 1. The fraction of sp³-hybridized carbons (Fsp3) is 0. The van der Waals surface area contributed by atoms with Crippen molar-refractivity contribution in [3.05, 3.63) is 76.9 Å². The number of allylic oxidation sites excluding steroid dienone is 1. The quantitative estimate of drug-likeness (QED) is 0.691. The second-order valence-electron chi connectivity index (χ2n) is 4.54. The molecule has 1 aliphatic carbocycles. The molecule has 2 aromatic rings. The number of aliphatic hydroxyl groups is 1. The van der Waals surface area contributed by atoms with Crippen LogP contribution in [-0.2, 0) is 0 Å². The van der Waals surface area contributed by atoms with Gasteiger partial charge in [0.05, 0.1) is 18.0 Å². The molecule has 0 saturated heterocycles. The smallest absolute Gasteiger partial charge is 0.199 e. The zero-order chi connectivity index (χ0) is 14.7. The van der Waals surface area contributed by atoms with Crippen molar-refractivity contribution >= 4 is 24.0 Å². The van der Waals surface area contributed by atoms with Gasteiger partial charge in [-0.2, -0.15) is 10.2 Å². The van der Waals surface area contributed by atoms with E-state index < -0.39 is 0 Å². The van der Waals surface area contributed by atoms with Gasteiger partial charge in [0.25, 0.3) is 0 Å². The first kappa shape index (κ1) is 13.0. The summed E-state index contributed by atoms with van der Waals surface area (Å²) in [6.07, 6.45) is 2.87. The van der Waals surface area contributed by atoms with Gasteiger partial charge in [0, 0.05) is 11.1 Å². The Kier molecular flexibility index (Phi) is 3.43. The topological polar surface area (TPSA) is 62.0 Å². The van der Waals surface area contributed by atoms with E-state index in [-0.39, 0.29) is 17.1 Å². The van der Waals surface area contributed by atoms with Crippen LogP contribution in [0, 0.1) is 0 Å². The summed E-state index contributed by atoms with van der Waals surface area (Å²) in [7, 11) is 0. The molecule has 4 heteroatoms. The van der Waals surface area contributed by atoms with E-state index in [1.165, 1.54) is 6.21 Å². The number of Topliss-reactive ketones (excluding diaryl/α,β-unsaturated/α-hetero) is 1. The van der Waals surface area contributed by atoms with E-state index in [1.807, 2.05) is 30.3 Å². The standard InChI is InChI=1S/C17H12N2O2/c20-16-13-8-4-5-9-14(13)17(21)15(16)11-19-18-10-12-6-2-1-3-7-12/h1-11,20H/b18-10+,19-11+. The van der Waals surface area contributed by atoms with Crippen LogP contribution in [0.2, 0.25) is 0 Å². The largest absolute Gasteiger partial charge is 0.506 e. The lowest BCUT2D eigenvalue weighted by atomic mass is 10.1. The molecule has 2 aromatic carbocycles. The first-order valence-electron chi connectivity index (χ1n) is 6.46. The first-order valence-corrected chi connectivity index (χ1v) is 6.46. The van der Waals surface area contributed by atoms with Crippen molar-refractivity contribution in [2.75, 3.05) is 0 Å². The lowest BCUT2D eigenvalue weighted by Gasteiger charge is -1.95. The summed E-state index contributed by atoms with van der Waals surface area (Å²) in [4.78, 5) is 12.1. The Labute approximate surface area is 121 Å². The minimum Gasteiger partial charge on any atom is -0.506 e. The predicted octanol–water partition coefficient (Wildman–Crippen LogP) is 3.26. The average molecular weight is 276 g/mol. The fourth-order valence-corrected chi connectivity index (χ4v) is 2.14. The van der Waals surface area contributed by atoms with Crippen LogP contribution in [0.4, 0.5) is 0 Å². The molecule has 0 radical (unpaired) electrons. The molecule has 3 rings (SSSR count). The zero-order valence-electron chi connectivity index (χ0n) is 11.1. The molecule has 0 aromatic heterocycles. The van der Waals surface area contributed by atoms with Gasteiger partial charge in [-0.1, -0.05) is 54.6 Å². The number of benzene rings is 2. The van der Waals surface area contributed by atoms with Crippen LogP contribution >= 0.6 is 0 Å². The fourth-order valence-electron chi connectivity index (χ4n) is 2.14. The van der Waals surface area contributed by atoms with Crippen LogP contribution in [0.5, 0.6) is 0 Å². The number of nitrogens with zero attached hydrogens (tertiary/aromatic N) is 2. The van der Waals surface area contributed by atoms with E-state index >= 15 is 0 Å². The van der Waals surface area contributed by atoms with Gasteiger partial charge in [-0.15, -0.1) is 0 Å². The molecule has 1 aliphatic rings. The molecule has 0 fully saturated rings. The molecular weight excluding hydrogens is 264 g/mol. The summed E-state index contributed by atoms with van der Waals surface area (Å²) in [5.74, 6) is -0.281. The third-order valence-corrected chi connectivity index (χ3v) is 3.19. The highest BCUT2D eigenvalue weighted by Gasteiger charge is 2.27. The van der Waals surface area contributed by atoms with Crippen LogP contribution in [0.25, 0.3) is 5.76 Å². The number of hydrogen-bond donors (Lipinski definition) is 1. The highest BCUT2D eigenvalue weighted by Crippen LogP contribution is 2.29. The maximum absolute atomic E-state index is 12.1. The zero-order valence-corrected chi connectivity index (χ0v) is 11.1. The van der Waals surface area contributed by atoms with Gasteiger partial charge in [-0.05, 0) is 5.56 Å². The normalized spacial score (nSPS) is 14.4. The number of fused-ring (bicyclic) bond motifs is 1. The monoisotopic (exact) mass is 276 g/mol. The molecule has 0 saturated carbocycles. The van der Waals surface area contributed by atoms with Gasteiger partial charge in [0.1, 0.15) is 5.76 Å². The predicted molar refractivity (Wildman–Crippen MR) is 82.8 cm³/mol. The van der Waals surface area contributed by atoms with Crippen molar-refractivity contribution in [2.24, 2.45) is 10.2 Å². The Hall–Kier alpha value is -3.01. The van der Waals surface area contributed by atoms with Crippen LogP contribution in [0.3, 0.4) is 0 Å². The van der Waals surface area contributed by atoms with Gasteiger partial charge in [0.2, 0.25) is 0 Å². The molecule has 0 unspecified atom stereocenters. The lowest BCUT2D eigenvalue weighted by molar-refractivity contribution is 0.104. The molecule has 0 bridgehead atoms. The number of hydrogen-bond acceptors (Lipinski definition) is 4. The average Bonchev–Trinajstić information content (AvgIpc) is 2.77. The van der Waals surface area contributed by atoms with Crippen LogP contribution in [0.15, 0.2) is 70.4 Å². The molecule has 102 valence electrons. The van der Waals surface area contributed by atoms with Gasteiger partial charge in [0.15, 0.2) is 5.78 Å². The molecule has 0 heterocycles. The number of rotatable bonds is 3. The van der Waals surface area contributed by atoms with Gasteiger partial charge in [-0.3, -0.25) is 4.79 Å². The second-order valence-corrected chi connectivity index (χ2v) is 4.54. The third-order valence-electron chi connectivity index (χ3n) is 3.19. The Bertz CT molecular complexity index is 774. The summed E-state index contributed by atoms with van der Waals surface area (Å²) < 4.78 is 0. The van der Waals surface area contributed by atoms with Crippen LogP contribution < -0.4 is 0 Å². The van der Waals surface area contributed by atoms with Crippen molar-refractivity contribution in [3.8, 4) is 0 Å². The van der Waals surface area contributed by atoms with Crippen molar-refractivity contribution in [1.29, 1.82) is 0 Å². The van der Waals surface area contributed by atoms with Crippen LogP contribution in [-0.4, -0.2) is 23.3 Å². The Morgan fingerprint density at radius 2 is 1.43 bits per heavy atom. The maximum Gasteiger partial charge on any atom is 0.199 e. The van der Waals surface area contributed by atoms with E-state index in [0.29, 0.717) is 11.1 Å². The molecule has 0 amide bonds. The molecular formula is C17H12N2O2. The van der Waals surface area contributed by atoms with Crippen molar-refractivity contribution in [1.82, 2.24) is 0 Å². The number of carbonyl (C=O) groups excluding carboxylic acids is 1. The Morgan fingerprint density at radius 1 is 0.810 bits per heavy atom. The van der Waals surface area contributed by atoms with Gasteiger partial charge < -0.3 is 5.11 Å². The molecule has 21 heavy (non-hydrogen) atoms. The molecule has 4 nitrogen and oxygen atoms in total. The first-order chi connectivity index (χ1) is 10.3. The summed E-state index contributed by atoms with van der Waals surface area (Å²) in [6.45, 7) is 0. The minimum atomic E-state index is -0.234. The summed E-state index contributed by atoms with van der Waals surface area (Å²) >= 11 is 0. The van der Waals surface area contributed by atoms with E-state index in [0.717, 1.165) is 5.56 Å². The highest BCUT2D eigenvalue weighted by molar-refractivity contribution is 6.30. The van der Waals surface area contributed by atoms with E-state index in [4.69, 9.17) is 0 Å². The van der Waals surface area contributed by atoms with Gasteiger partial charge in [-0.25, -0.2) is 0 Å². The summed E-state index contributed by atoms with van der Waals surface area (Å²) in [5.41, 5.74) is 2.11. The molecule has 0 spiro atoms. The lowest BCUT2D eigenvalue weighted by Crippen LogP contribution is -1.99. The Morgan fingerprint density at radius 3 is 2.14 bits per heavy atom. The highest BCUT2D eigenvalue weighted by atomic mass is 16.3. The summed E-state index contributed by atoms with van der Waals surface area (Å²) in [5, 5.41) is 17.8. The van der Waals surface area contributed by atoms with E-state index in [1.54, 1.807) is 30.5 Å². The van der Waals surface area contributed by atoms with Gasteiger partial charge >= 0.3 is 0 Å². The number of ketones is 1. The Balaban J connectivity index is 1.80. The minimum absolute atomic E-state index is 0.0470. The third kappa shape index (κ3) is 2.51. The van der Waals surface area contributed by atoms with Crippen LogP contribution in [0.1, 0.15) is 21.5 Å². The second kappa shape index (κ2) is 5.54. The van der Waals surface area contributed by atoms with Crippen molar-refractivity contribution in [2.45, 2.75) is 0 Å². The van der Waals surface area contributed by atoms with Crippen molar-refractivity contribution < 1.29 is 9.90 Å². The molecule has 0 atom stereocenters. The van der Waals surface area contributed by atoms with Crippen molar-refractivity contribution in [3.63, 3.8) is 0 Å². The van der Waals surface area contributed by atoms with E-state index in [2.05, 4.69) is 10.2 Å². The molecule has 1 N–H and O–H groups in total. The van der Waals surface area contributed by atoms with E-state index in [9.17, 15) is 9.90 Å². The maximum atomic E-state index is 12.1. The SMILES string of the molecule is O=C1C(/C=N/N=C/c2ccccc2)=C(O)c2ccccc21. The molecule has 0 aliphatic heterocycles. The number of carbonyl (C=O) groups is 1. The summed E-state index contributed by atoms with van der Waals surface area (Å²) in [6, 6.07) is 16.4.